The molecule has 0 aliphatic carbocycles. The van der Waals surface area contributed by atoms with Gasteiger partial charge in [0.2, 0.25) is 11.8 Å². The van der Waals surface area contributed by atoms with E-state index in [-0.39, 0.29) is 18.7 Å². The summed E-state index contributed by atoms with van der Waals surface area (Å²) < 4.78 is 0. The van der Waals surface area contributed by atoms with Gasteiger partial charge in [-0.15, -0.1) is 6.58 Å². The number of primary amides is 1. The van der Waals surface area contributed by atoms with Crippen LogP contribution < -0.4 is 11.1 Å². The predicted octanol–water partition coefficient (Wildman–Crippen LogP) is -0.446. The summed E-state index contributed by atoms with van der Waals surface area (Å²) in [6.07, 6.45) is 1.83. The molecule has 0 saturated heterocycles. The van der Waals surface area contributed by atoms with Gasteiger partial charge in [0.1, 0.15) is 0 Å². The van der Waals surface area contributed by atoms with Crippen LogP contribution in [-0.4, -0.2) is 18.4 Å². The molecule has 0 aromatic rings. The fourth-order valence-electron chi connectivity index (χ4n) is 0.511. The van der Waals surface area contributed by atoms with Gasteiger partial charge in [-0.1, -0.05) is 6.08 Å². The Morgan fingerprint density at radius 3 is 2.55 bits per heavy atom. The number of amides is 2. The van der Waals surface area contributed by atoms with Gasteiger partial charge in [0.25, 0.3) is 0 Å². The Morgan fingerprint density at radius 1 is 1.45 bits per heavy atom. The summed E-state index contributed by atoms with van der Waals surface area (Å²) in [6.45, 7) is 3.85. The molecule has 62 valence electrons. The zero-order valence-corrected chi connectivity index (χ0v) is 6.30. The molecule has 0 unspecified atom stereocenters. The largest absolute Gasteiger partial charge is 0.370 e. The molecule has 11 heavy (non-hydrogen) atoms. The highest BCUT2D eigenvalue weighted by molar-refractivity contribution is 5.82. The first-order valence-corrected chi connectivity index (χ1v) is 3.32. The molecule has 4 heteroatoms. The highest BCUT2D eigenvalue weighted by atomic mass is 16.2. The van der Waals surface area contributed by atoms with Crippen molar-refractivity contribution in [2.75, 3.05) is 6.54 Å². The van der Waals surface area contributed by atoms with Gasteiger partial charge in [0.05, 0.1) is 0 Å². The molecule has 4 nitrogen and oxygen atoms in total. The van der Waals surface area contributed by atoms with E-state index in [1.54, 1.807) is 6.08 Å². The molecule has 0 aliphatic heterocycles. The van der Waals surface area contributed by atoms with E-state index in [0.29, 0.717) is 6.54 Å². The summed E-state index contributed by atoms with van der Waals surface area (Å²) in [6, 6.07) is 0. The standard InChI is InChI=1S/C7H12N2O2/c1-2-5-9-7(11)4-3-6(8)10/h2H,1,3-5H2,(H2,8,10)(H,9,11). The third kappa shape index (κ3) is 6.57. The molecular weight excluding hydrogens is 144 g/mol. The van der Waals surface area contributed by atoms with Crippen LogP contribution in [0.25, 0.3) is 0 Å². The molecule has 3 N–H and O–H groups in total. The third-order valence-corrected chi connectivity index (χ3v) is 1.04. The number of hydrogen-bond donors (Lipinski definition) is 2. The second-order valence-corrected chi connectivity index (χ2v) is 2.06. The quantitative estimate of drug-likeness (QED) is 0.529. The van der Waals surface area contributed by atoms with Crippen molar-refractivity contribution in [1.82, 2.24) is 5.32 Å². The van der Waals surface area contributed by atoms with Crippen molar-refractivity contribution < 1.29 is 9.59 Å². The van der Waals surface area contributed by atoms with E-state index in [1.165, 1.54) is 0 Å². The smallest absolute Gasteiger partial charge is 0.220 e. The van der Waals surface area contributed by atoms with E-state index in [2.05, 4.69) is 11.9 Å². The zero-order valence-electron chi connectivity index (χ0n) is 6.30. The average molecular weight is 156 g/mol. The highest BCUT2D eigenvalue weighted by Gasteiger charge is 2.01. The molecule has 2 amide bonds. The van der Waals surface area contributed by atoms with Gasteiger partial charge in [-0.25, -0.2) is 0 Å². The second-order valence-electron chi connectivity index (χ2n) is 2.06. The van der Waals surface area contributed by atoms with Gasteiger partial charge in [-0.3, -0.25) is 9.59 Å². The van der Waals surface area contributed by atoms with E-state index >= 15 is 0 Å². The molecule has 0 spiro atoms. The molecule has 0 fully saturated rings. The molecule has 0 bridgehead atoms. The predicted molar refractivity (Wildman–Crippen MR) is 41.6 cm³/mol. The van der Waals surface area contributed by atoms with E-state index in [0.717, 1.165) is 0 Å². The topological polar surface area (TPSA) is 72.2 Å². The molecule has 0 aromatic carbocycles. The molecular formula is C7H12N2O2. The third-order valence-electron chi connectivity index (χ3n) is 1.04. The van der Waals surface area contributed by atoms with Crippen LogP contribution in [0.3, 0.4) is 0 Å². The lowest BCUT2D eigenvalue weighted by molar-refractivity contribution is -0.124. The van der Waals surface area contributed by atoms with E-state index < -0.39 is 5.91 Å². The molecule has 0 saturated carbocycles. The minimum absolute atomic E-state index is 0.100. The number of carbonyl (C=O) groups excluding carboxylic acids is 2. The van der Waals surface area contributed by atoms with E-state index in [9.17, 15) is 9.59 Å². The number of rotatable bonds is 5. The van der Waals surface area contributed by atoms with Gasteiger partial charge >= 0.3 is 0 Å². The van der Waals surface area contributed by atoms with Gasteiger partial charge in [0.15, 0.2) is 0 Å². The van der Waals surface area contributed by atoms with Crippen molar-refractivity contribution in [2.45, 2.75) is 12.8 Å². The van der Waals surface area contributed by atoms with Gasteiger partial charge in [-0.05, 0) is 0 Å². The lowest BCUT2D eigenvalue weighted by atomic mass is 10.3. The molecule has 0 atom stereocenters. The first-order valence-electron chi connectivity index (χ1n) is 3.32. The maximum absolute atomic E-state index is 10.7. The Hall–Kier alpha value is -1.32. The maximum atomic E-state index is 10.7. The van der Waals surface area contributed by atoms with Crippen molar-refractivity contribution in [1.29, 1.82) is 0 Å². The second kappa shape index (κ2) is 5.46. The molecule has 0 radical (unpaired) electrons. The van der Waals surface area contributed by atoms with Crippen LogP contribution in [0, 0.1) is 0 Å². The number of carbonyl (C=O) groups is 2. The fourth-order valence-corrected chi connectivity index (χ4v) is 0.511. The van der Waals surface area contributed by atoms with Crippen LogP contribution in [0.5, 0.6) is 0 Å². The van der Waals surface area contributed by atoms with Crippen LogP contribution in [-0.2, 0) is 9.59 Å². The first kappa shape index (κ1) is 9.68. The minimum atomic E-state index is -0.459. The van der Waals surface area contributed by atoms with Crippen LogP contribution in [0.1, 0.15) is 12.8 Å². The Kier molecular flexibility index (Phi) is 4.81. The summed E-state index contributed by atoms with van der Waals surface area (Å²) in [5.41, 5.74) is 4.83. The molecule has 0 rings (SSSR count). The monoisotopic (exact) mass is 156 g/mol. The molecule has 0 aromatic heterocycles. The Balaban J connectivity index is 3.37. The Morgan fingerprint density at radius 2 is 2.09 bits per heavy atom. The summed E-state index contributed by atoms with van der Waals surface area (Å²) in [4.78, 5) is 20.9. The van der Waals surface area contributed by atoms with Crippen LogP contribution >= 0.6 is 0 Å². The van der Waals surface area contributed by atoms with Crippen LogP contribution in [0.2, 0.25) is 0 Å². The SMILES string of the molecule is C=CCNC(=O)CCC(N)=O. The van der Waals surface area contributed by atoms with Crippen molar-refractivity contribution >= 4 is 11.8 Å². The molecule has 0 heterocycles. The van der Waals surface area contributed by atoms with E-state index in [1.807, 2.05) is 0 Å². The number of nitrogens with one attached hydrogen (secondary N) is 1. The van der Waals surface area contributed by atoms with Gasteiger partial charge < -0.3 is 11.1 Å². The lowest BCUT2D eigenvalue weighted by Crippen LogP contribution is -2.24. The maximum Gasteiger partial charge on any atom is 0.220 e. The Bertz CT molecular complexity index is 166. The zero-order chi connectivity index (χ0) is 8.69. The first-order chi connectivity index (χ1) is 5.16. The van der Waals surface area contributed by atoms with Crippen molar-refractivity contribution in [3.05, 3.63) is 12.7 Å². The minimum Gasteiger partial charge on any atom is -0.370 e. The number of nitrogens with two attached hydrogens (primary N) is 1. The summed E-state index contributed by atoms with van der Waals surface area (Å²) in [7, 11) is 0. The summed E-state index contributed by atoms with van der Waals surface area (Å²) >= 11 is 0. The highest BCUT2D eigenvalue weighted by Crippen LogP contribution is 1.85. The summed E-state index contributed by atoms with van der Waals surface area (Å²) in [5.74, 6) is -0.637. The normalized spacial score (nSPS) is 8.73. The molecule has 0 aliphatic rings. The van der Waals surface area contributed by atoms with Gasteiger partial charge in [-0.2, -0.15) is 0 Å². The lowest BCUT2D eigenvalue weighted by Gasteiger charge is -1.98. The van der Waals surface area contributed by atoms with Crippen molar-refractivity contribution in [3.8, 4) is 0 Å². The fraction of sp³-hybridized carbons (Fsp3) is 0.429. The van der Waals surface area contributed by atoms with Crippen LogP contribution in [0.4, 0.5) is 0 Å². The van der Waals surface area contributed by atoms with Crippen molar-refractivity contribution in [3.63, 3.8) is 0 Å². The van der Waals surface area contributed by atoms with Crippen molar-refractivity contribution in [2.24, 2.45) is 5.73 Å². The summed E-state index contributed by atoms with van der Waals surface area (Å²) in [5, 5.41) is 2.52. The van der Waals surface area contributed by atoms with Crippen LogP contribution in [0.15, 0.2) is 12.7 Å². The Labute approximate surface area is 65.5 Å². The van der Waals surface area contributed by atoms with Gasteiger partial charge in [0, 0.05) is 19.4 Å². The number of hydrogen-bond acceptors (Lipinski definition) is 2. The van der Waals surface area contributed by atoms with E-state index in [4.69, 9.17) is 5.73 Å². The average Bonchev–Trinajstić information content (AvgIpc) is 1.97.